The van der Waals surface area contributed by atoms with Gasteiger partial charge in [0, 0.05) is 47.5 Å². The van der Waals surface area contributed by atoms with Gasteiger partial charge in [-0.1, -0.05) is 36.5 Å². The largest absolute Gasteiger partial charge is 0.389 e. The lowest BCUT2D eigenvalue weighted by molar-refractivity contribution is 0.118. The Labute approximate surface area is 121 Å². The van der Waals surface area contributed by atoms with Gasteiger partial charge in [-0.3, -0.25) is 9.11 Å². The molecule has 1 fully saturated rings. The molecule has 0 aromatic heterocycles. The first kappa shape index (κ1) is 14.6. The Kier molecular flexibility index (Phi) is 5.04. The van der Waals surface area contributed by atoms with Gasteiger partial charge in [0.15, 0.2) is 0 Å². The third-order valence-corrected chi connectivity index (χ3v) is 4.79. The minimum atomic E-state index is -0.680. The Morgan fingerprint density at radius 3 is 2.47 bits per heavy atom. The molecule has 1 aliphatic heterocycles. The average molecular weight is 298 g/mol. The fourth-order valence-corrected chi connectivity index (χ4v) is 3.34. The minimum absolute atomic E-state index is 0.361. The predicted molar refractivity (Wildman–Crippen MR) is 81.6 cm³/mol. The molecule has 6 heteroatoms. The Bertz CT molecular complexity index is 466. The summed E-state index contributed by atoms with van der Waals surface area (Å²) in [6, 6.07) is 7.35. The number of hydrogen-bond donors (Lipinski definition) is 2. The maximum atomic E-state index is 11.3. The summed E-state index contributed by atoms with van der Waals surface area (Å²) in [6.07, 6.45) is -0.535. The van der Waals surface area contributed by atoms with Gasteiger partial charge in [-0.25, -0.2) is 0 Å². The van der Waals surface area contributed by atoms with E-state index in [2.05, 4.69) is 4.90 Å². The molecule has 0 bridgehead atoms. The summed E-state index contributed by atoms with van der Waals surface area (Å²) in [5.74, 6) is 1.40. The molecule has 4 nitrogen and oxygen atoms in total. The molecule has 0 radical (unpaired) electrons. The third kappa shape index (κ3) is 4.07. The zero-order valence-electron chi connectivity index (χ0n) is 10.6. The standard InChI is InChI=1S/C13H18N2O2S2/c14-13(18)11-3-1-10(2-4-11)12(16)9-15-5-7-19(17)8-6-15/h1-4,12,16H,5-9H2,(H2,14,18). The number of benzene rings is 1. The Hall–Kier alpha value is -0.820. The quantitative estimate of drug-likeness (QED) is 0.789. The van der Waals surface area contributed by atoms with Gasteiger partial charge in [0.25, 0.3) is 0 Å². The van der Waals surface area contributed by atoms with Crippen LogP contribution in [0, 0.1) is 0 Å². The van der Waals surface area contributed by atoms with Crippen LogP contribution in [0.25, 0.3) is 0 Å². The van der Waals surface area contributed by atoms with Gasteiger partial charge in [0.1, 0.15) is 4.99 Å². The van der Waals surface area contributed by atoms with Crippen LogP contribution < -0.4 is 5.73 Å². The number of nitrogens with zero attached hydrogens (tertiary/aromatic N) is 1. The molecule has 1 aromatic carbocycles. The molecule has 1 atom stereocenters. The summed E-state index contributed by atoms with van der Waals surface area (Å²) in [4.78, 5) is 2.51. The first-order valence-corrected chi connectivity index (χ1v) is 8.11. The molecular formula is C13H18N2O2S2. The van der Waals surface area contributed by atoms with Crippen LogP contribution in [0.15, 0.2) is 24.3 Å². The van der Waals surface area contributed by atoms with E-state index in [-0.39, 0.29) is 0 Å². The Balaban J connectivity index is 1.94. The SMILES string of the molecule is NC(=S)c1ccc(C(O)CN2CCS(=O)CC2)cc1. The molecule has 0 saturated carbocycles. The van der Waals surface area contributed by atoms with Crippen molar-refractivity contribution in [3.05, 3.63) is 35.4 Å². The highest BCUT2D eigenvalue weighted by Crippen LogP contribution is 2.16. The van der Waals surface area contributed by atoms with Crippen molar-refractivity contribution in [1.29, 1.82) is 0 Å². The van der Waals surface area contributed by atoms with Crippen molar-refractivity contribution in [1.82, 2.24) is 4.90 Å². The number of aliphatic hydroxyl groups excluding tert-OH is 1. The minimum Gasteiger partial charge on any atom is -0.389 e. The van der Waals surface area contributed by atoms with E-state index < -0.39 is 16.9 Å². The molecule has 1 aromatic rings. The summed E-state index contributed by atoms with van der Waals surface area (Å²) in [5.41, 5.74) is 7.19. The van der Waals surface area contributed by atoms with Gasteiger partial charge in [-0.15, -0.1) is 0 Å². The van der Waals surface area contributed by atoms with Crippen LogP contribution in [0.2, 0.25) is 0 Å². The molecule has 0 aliphatic carbocycles. The van der Waals surface area contributed by atoms with Crippen LogP contribution in [-0.2, 0) is 10.8 Å². The summed E-state index contributed by atoms with van der Waals surface area (Å²) in [7, 11) is -0.680. The monoisotopic (exact) mass is 298 g/mol. The van der Waals surface area contributed by atoms with Crippen molar-refractivity contribution in [2.24, 2.45) is 5.73 Å². The zero-order valence-corrected chi connectivity index (χ0v) is 12.3. The second-order valence-electron chi connectivity index (χ2n) is 4.65. The van der Waals surface area contributed by atoms with Crippen LogP contribution in [0.1, 0.15) is 17.2 Å². The maximum absolute atomic E-state index is 11.3. The molecule has 2 rings (SSSR count). The molecule has 3 N–H and O–H groups in total. The summed E-state index contributed by atoms with van der Waals surface area (Å²) in [5, 5.41) is 10.2. The van der Waals surface area contributed by atoms with Crippen molar-refractivity contribution in [2.75, 3.05) is 31.1 Å². The van der Waals surface area contributed by atoms with Crippen LogP contribution in [0.4, 0.5) is 0 Å². The first-order valence-electron chi connectivity index (χ1n) is 6.21. The van der Waals surface area contributed by atoms with Gasteiger partial charge in [-0.05, 0) is 5.56 Å². The highest BCUT2D eigenvalue weighted by atomic mass is 32.2. The van der Waals surface area contributed by atoms with E-state index >= 15 is 0 Å². The lowest BCUT2D eigenvalue weighted by Crippen LogP contribution is -2.40. The lowest BCUT2D eigenvalue weighted by atomic mass is 10.1. The maximum Gasteiger partial charge on any atom is 0.103 e. The smallest absolute Gasteiger partial charge is 0.103 e. The average Bonchev–Trinajstić information content (AvgIpc) is 2.41. The van der Waals surface area contributed by atoms with E-state index in [0.717, 1.165) is 24.2 Å². The van der Waals surface area contributed by atoms with E-state index in [9.17, 15) is 9.32 Å². The molecule has 1 saturated heterocycles. The van der Waals surface area contributed by atoms with E-state index in [4.69, 9.17) is 18.0 Å². The lowest BCUT2D eigenvalue weighted by Gasteiger charge is -2.28. The number of aliphatic hydroxyl groups is 1. The molecule has 1 aliphatic rings. The van der Waals surface area contributed by atoms with Crippen molar-refractivity contribution in [3.63, 3.8) is 0 Å². The fraction of sp³-hybridized carbons (Fsp3) is 0.462. The van der Waals surface area contributed by atoms with E-state index in [1.807, 2.05) is 24.3 Å². The summed E-state index contributed by atoms with van der Waals surface area (Å²) in [6.45, 7) is 2.15. The predicted octanol–water partition coefficient (Wildman–Crippen LogP) is 0.418. The molecule has 19 heavy (non-hydrogen) atoms. The van der Waals surface area contributed by atoms with Crippen molar-refractivity contribution < 1.29 is 9.32 Å². The van der Waals surface area contributed by atoms with Crippen molar-refractivity contribution in [3.8, 4) is 0 Å². The van der Waals surface area contributed by atoms with Crippen LogP contribution in [0.5, 0.6) is 0 Å². The van der Waals surface area contributed by atoms with Gasteiger partial charge in [0.05, 0.1) is 6.10 Å². The van der Waals surface area contributed by atoms with Gasteiger partial charge < -0.3 is 10.8 Å². The molecule has 1 unspecified atom stereocenters. The van der Waals surface area contributed by atoms with Crippen LogP contribution in [0.3, 0.4) is 0 Å². The third-order valence-electron chi connectivity index (χ3n) is 3.28. The van der Waals surface area contributed by atoms with Crippen LogP contribution >= 0.6 is 12.2 Å². The fourth-order valence-electron chi connectivity index (χ4n) is 2.08. The number of β-amino-alcohol motifs (C(OH)–C–C–N with tert-alkyl or cyclic N) is 1. The van der Waals surface area contributed by atoms with Gasteiger partial charge in [-0.2, -0.15) is 0 Å². The summed E-state index contributed by atoms with van der Waals surface area (Å²) >= 11 is 4.89. The van der Waals surface area contributed by atoms with Gasteiger partial charge >= 0.3 is 0 Å². The second-order valence-corrected chi connectivity index (χ2v) is 6.79. The second kappa shape index (κ2) is 6.56. The Morgan fingerprint density at radius 1 is 1.37 bits per heavy atom. The molecule has 104 valence electrons. The number of nitrogens with two attached hydrogens (primary N) is 1. The van der Waals surface area contributed by atoms with E-state index in [1.54, 1.807) is 0 Å². The zero-order chi connectivity index (χ0) is 13.8. The molecule has 0 spiro atoms. The van der Waals surface area contributed by atoms with Crippen molar-refractivity contribution >= 4 is 28.0 Å². The highest BCUT2D eigenvalue weighted by Gasteiger charge is 2.18. The first-order chi connectivity index (χ1) is 9.06. The van der Waals surface area contributed by atoms with Gasteiger partial charge in [0.2, 0.25) is 0 Å². The molecule has 1 heterocycles. The number of thiocarbonyl (C=S) groups is 1. The number of rotatable bonds is 4. The highest BCUT2D eigenvalue weighted by molar-refractivity contribution is 7.85. The number of hydrogen-bond acceptors (Lipinski definition) is 4. The normalized spacial score (nSPS) is 19.2. The molecule has 0 amide bonds. The van der Waals surface area contributed by atoms with E-state index in [1.165, 1.54) is 0 Å². The van der Waals surface area contributed by atoms with Crippen molar-refractivity contribution in [2.45, 2.75) is 6.10 Å². The Morgan fingerprint density at radius 2 is 1.95 bits per heavy atom. The topological polar surface area (TPSA) is 66.6 Å². The van der Waals surface area contributed by atoms with Crippen LogP contribution in [-0.4, -0.2) is 50.3 Å². The van der Waals surface area contributed by atoms with E-state index in [0.29, 0.717) is 23.0 Å². The summed E-state index contributed by atoms with van der Waals surface area (Å²) < 4.78 is 11.3. The molecular weight excluding hydrogens is 280 g/mol.